The summed E-state index contributed by atoms with van der Waals surface area (Å²) in [4.78, 5) is 17.4. The summed E-state index contributed by atoms with van der Waals surface area (Å²) < 4.78 is 0. The van der Waals surface area contributed by atoms with Crippen molar-refractivity contribution in [3.05, 3.63) is 22.7 Å². The normalized spacial score (nSPS) is 11.4. The number of rotatable bonds is 5. The van der Waals surface area contributed by atoms with Crippen LogP contribution in [0.25, 0.3) is 0 Å². The Kier molecular flexibility index (Phi) is 3.85. The zero-order chi connectivity index (χ0) is 11.3. The van der Waals surface area contributed by atoms with Gasteiger partial charge in [-0.05, 0) is 11.8 Å². The number of nitrogens with zero attached hydrogens (tertiary/aromatic N) is 1. The highest BCUT2D eigenvalue weighted by Crippen LogP contribution is 2.19. The molecule has 0 radical (unpaired) electrons. The quantitative estimate of drug-likeness (QED) is 0.666. The Hall–Kier alpha value is -1.36. The van der Waals surface area contributed by atoms with Crippen LogP contribution < -0.4 is 10.9 Å². The molecule has 0 bridgehead atoms. The highest BCUT2D eigenvalue weighted by molar-refractivity contribution is 5.31. The number of aliphatic hydroxyl groups is 1. The number of H-pyrrole nitrogens is 1. The molecular weight excluding hydrogens is 194 g/mol. The molecule has 0 unspecified atom stereocenters. The minimum absolute atomic E-state index is 0.0148. The van der Waals surface area contributed by atoms with E-state index in [9.17, 15) is 4.79 Å². The van der Waals surface area contributed by atoms with Crippen LogP contribution in [0.3, 0.4) is 0 Å². The second-order valence-electron chi connectivity index (χ2n) is 4.29. The molecule has 1 aromatic rings. The van der Waals surface area contributed by atoms with Crippen molar-refractivity contribution in [3.63, 3.8) is 0 Å². The number of hydrogen-bond donors (Lipinski definition) is 3. The number of aromatic amines is 1. The third-order valence-electron chi connectivity index (χ3n) is 2.21. The Morgan fingerprint density at radius 2 is 2.33 bits per heavy atom. The largest absolute Gasteiger partial charge is 0.396 e. The lowest BCUT2D eigenvalue weighted by molar-refractivity contribution is 0.220. The molecule has 0 amide bonds. The maximum absolute atomic E-state index is 11.0. The lowest BCUT2D eigenvalue weighted by Gasteiger charge is -2.23. The van der Waals surface area contributed by atoms with Gasteiger partial charge in [0.05, 0.1) is 6.33 Å². The lowest BCUT2D eigenvalue weighted by Crippen LogP contribution is -2.25. The minimum Gasteiger partial charge on any atom is -0.396 e. The molecule has 1 rings (SSSR count). The molecule has 5 heteroatoms. The van der Waals surface area contributed by atoms with Crippen molar-refractivity contribution in [2.45, 2.75) is 20.3 Å². The molecule has 0 saturated heterocycles. The Morgan fingerprint density at radius 1 is 1.60 bits per heavy atom. The topological polar surface area (TPSA) is 78.0 Å². The molecule has 0 atom stereocenters. The first-order valence-electron chi connectivity index (χ1n) is 4.93. The number of nitrogens with one attached hydrogen (secondary N) is 2. The molecule has 5 nitrogen and oxygen atoms in total. The SMILES string of the molecule is CC(C)(CCO)CNc1cc(=O)[nH]cn1. The van der Waals surface area contributed by atoms with E-state index in [1.807, 2.05) is 13.8 Å². The molecule has 0 aliphatic carbocycles. The first-order chi connectivity index (χ1) is 7.03. The predicted molar refractivity (Wildman–Crippen MR) is 58.8 cm³/mol. The van der Waals surface area contributed by atoms with E-state index >= 15 is 0 Å². The van der Waals surface area contributed by atoms with E-state index in [1.165, 1.54) is 12.4 Å². The van der Waals surface area contributed by atoms with Gasteiger partial charge in [0.15, 0.2) is 0 Å². The molecule has 84 valence electrons. The maximum Gasteiger partial charge on any atom is 0.252 e. The van der Waals surface area contributed by atoms with Gasteiger partial charge in [0.25, 0.3) is 5.56 Å². The van der Waals surface area contributed by atoms with Gasteiger partial charge >= 0.3 is 0 Å². The van der Waals surface area contributed by atoms with Crippen molar-refractivity contribution in [2.75, 3.05) is 18.5 Å². The van der Waals surface area contributed by atoms with Crippen LogP contribution in [0.2, 0.25) is 0 Å². The zero-order valence-electron chi connectivity index (χ0n) is 9.08. The highest BCUT2D eigenvalue weighted by Gasteiger charge is 2.16. The van der Waals surface area contributed by atoms with Gasteiger partial charge in [0.1, 0.15) is 5.82 Å². The maximum atomic E-state index is 11.0. The summed E-state index contributed by atoms with van der Waals surface area (Å²) in [6, 6.07) is 1.41. The first-order valence-corrected chi connectivity index (χ1v) is 4.93. The number of aromatic nitrogens is 2. The minimum atomic E-state index is -0.174. The van der Waals surface area contributed by atoms with Gasteiger partial charge in [-0.25, -0.2) is 4.98 Å². The summed E-state index contributed by atoms with van der Waals surface area (Å²) in [7, 11) is 0. The molecule has 0 fully saturated rings. The molecule has 1 aromatic heterocycles. The Balaban J connectivity index is 2.53. The van der Waals surface area contributed by atoms with Gasteiger partial charge in [-0.1, -0.05) is 13.8 Å². The van der Waals surface area contributed by atoms with Crippen LogP contribution in [-0.2, 0) is 0 Å². The summed E-state index contributed by atoms with van der Waals surface area (Å²) in [5.74, 6) is 0.560. The van der Waals surface area contributed by atoms with Gasteiger partial charge < -0.3 is 15.4 Å². The van der Waals surface area contributed by atoms with Crippen LogP contribution in [0.1, 0.15) is 20.3 Å². The van der Waals surface area contributed by atoms with Crippen LogP contribution in [-0.4, -0.2) is 28.2 Å². The van der Waals surface area contributed by atoms with E-state index in [4.69, 9.17) is 5.11 Å². The fourth-order valence-electron chi connectivity index (χ4n) is 1.19. The van der Waals surface area contributed by atoms with E-state index in [-0.39, 0.29) is 17.6 Å². The third-order valence-corrected chi connectivity index (χ3v) is 2.21. The van der Waals surface area contributed by atoms with Gasteiger partial charge in [-0.15, -0.1) is 0 Å². The molecule has 0 aromatic carbocycles. The fourth-order valence-corrected chi connectivity index (χ4v) is 1.19. The van der Waals surface area contributed by atoms with Crippen LogP contribution >= 0.6 is 0 Å². The van der Waals surface area contributed by atoms with Crippen molar-refractivity contribution in [2.24, 2.45) is 5.41 Å². The third kappa shape index (κ3) is 4.12. The second-order valence-corrected chi connectivity index (χ2v) is 4.29. The molecule has 0 aliphatic heterocycles. The molecule has 15 heavy (non-hydrogen) atoms. The van der Waals surface area contributed by atoms with Crippen molar-refractivity contribution < 1.29 is 5.11 Å². The predicted octanol–water partition coefficient (Wildman–Crippen LogP) is 0.590. The van der Waals surface area contributed by atoms with E-state index < -0.39 is 0 Å². The molecule has 0 saturated carbocycles. The summed E-state index contributed by atoms with van der Waals surface area (Å²) in [6.45, 7) is 4.92. The van der Waals surface area contributed by atoms with Gasteiger partial charge in [0.2, 0.25) is 0 Å². The van der Waals surface area contributed by atoms with Crippen LogP contribution in [0.5, 0.6) is 0 Å². The van der Waals surface area contributed by atoms with Gasteiger partial charge in [-0.3, -0.25) is 4.79 Å². The summed E-state index contributed by atoms with van der Waals surface area (Å²) in [5.41, 5.74) is -0.188. The van der Waals surface area contributed by atoms with Crippen LogP contribution in [0.4, 0.5) is 5.82 Å². The van der Waals surface area contributed by atoms with Gasteiger partial charge in [-0.2, -0.15) is 0 Å². The number of aliphatic hydroxyl groups excluding tert-OH is 1. The van der Waals surface area contributed by atoms with Crippen molar-refractivity contribution in [1.29, 1.82) is 0 Å². The Labute approximate surface area is 88.6 Å². The summed E-state index contributed by atoms with van der Waals surface area (Å²) in [5, 5.41) is 11.9. The standard InChI is InChI=1S/C10H17N3O2/c1-10(2,3-4-14)6-11-8-5-9(15)13-7-12-8/h5,7,14H,3-4,6H2,1-2H3,(H2,11,12,13,15). The van der Waals surface area contributed by atoms with E-state index in [0.717, 1.165) is 0 Å². The Morgan fingerprint density at radius 3 is 2.93 bits per heavy atom. The monoisotopic (exact) mass is 211 g/mol. The fraction of sp³-hybridized carbons (Fsp3) is 0.600. The average Bonchev–Trinajstić information content (AvgIpc) is 2.15. The molecule has 3 N–H and O–H groups in total. The van der Waals surface area contributed by atoms with E-state index in [1.54, 1.807) is 0 Å². The van der Waals surface area contributed by atoms with E-state index in [0.29, 0.717) is 18.8 Å². The average molecular weight is 211 g/mol. The molecule has 1 heterocycles. The van der Waals surface area contributed by atoms with Crippen molar-refractivity contribution >= 4 is 5.82 Å². The number of hydrogen-bond acceptors (Lipinski definition) is 4. The van der Waals surface area contributed by atoms with Gasteiger partial charge in [0, 0.05) is 19.2 Å². The summed E-state index contributed by atoms with van der Waals surface area (Å²) >= 11 is 0. The molecule has 0 aliphatic rings. The molecule has 0 spiro atoms. The number of anilines is 1. The Bertz CT molecular complexity index is 360. The summed E-state index contributed by atoms with van der Waals surface area (Å²) in [6.07, 6.45) is 2.08. The molecular formula is C10H17N3O2. The van der Waals surface area contributed by atoms with Crippen molar-refractivity contribution in [3.8, 4) is 0 Å². The highest BCUT2D eigenvalue weighted by atomic mass is 16.3. The zero-order valence-corrected chi connectivity index (χ0v) is 9.08. The van der Waals surface area contributed by atoms with E-state index in [2.05, 4.69) is 15.3 Å². The van der Waals surface area contributed by atoms with Crippen molar-refractivity contribution in [1.82, 2.24) is 9.97 Å². The first kappa shape index (κ1) is 11.7. The van der Waals surface area contributed by atoms with Crippen LogP contribution in [0, 0.1) is 5.41 Å². The smallest absolute Gasteiger partial charge is 0.252 e. The lowest BCUT2D eigenvalue weighted by atomic mass is 9.90. The second kappa shape index (κ2) is 4.93. The van der Waals surface area contributed by atoms with Crippen LogP contribution in [0.15, 0.2) is 17.2 Å².